The number of nitrogens with zero attached hydrogens (tertiary/aromatic N) is 1. The Morgan fingerprint density at radius 1 is 1.10 bits per heavy atom. The highest BCUT2D eigenvalue weighted by Gasteiger charge is 2.09. The van der Waals surface area contributed by atoms with Gasteiger partial charge in [-0.05, 0) is 12.8 Å². The molecule has 1 nitrogen and oxygen atoms in total. The van der Waals surface area contributed by atoms with Crippen LogP contribution in [-0.4, -0.2) is 17.8 Å². The topological polar surface area (TPSA) is 3.24 Å². The molecule has 0 aliphatic carbocycles. The van der Waals surface area contributed by atoms with E-state index < -0.39 is 6.78 Å². The Bertz CT molecular complexity index is 74.1. The van der Waals surface area contributed by atoms with Gasteiger partial charge in [-0.2, -0.15) is 0 Å². The summed E-state index contributed by atoms with van der Waals surface area (Å²) in [6.45, 7) is 5.41. The lowest BCUT2D eigenvalue weighted by Gasteiger charge is -2.20. The van der Waals surface area contributed by atoms with Crippen molar-refractivity contribution in [1.29, 1.82) is 0 Å². The van der Waals surface area contributed by atoms with Crippen molar-refractivity contribution in [3.05, 3.63) is 0 Å². The third kappa shape index (κ3) is 4.73. The van der Waals surface area contributed by atoms with E-state index in [-0.39, 0.29) is 0 Å². The predicted octanol–water partition coefficient (Wildman–Crippen LogP) is 3.81. The van der Waals surface area contributed by atoms with Crippen LogP contribution in [0.15, 0.2) is 0 Å². The molecular weight excluding hydrogens is 188 g/mol. The highest BCUT2D eigenvalue weighted by molar-refractivity contribution is 8.02. The van der Waals surface area contributed by atoms with Crippen molar-refractivity contribution in [2.24, 2.45) is 0 Å². The van der Waals surface area contributed by atoms with Gasteiger partial charge in [-0.25, -0.2) is 0 Å². The van der Waals surface area contributed by atoms with Crippen LogP contribution in [0.1, 0.15) is 26.7 Å². The summed E-state index contributed by atoms with van der Waals surface area (Å²) < 4.78 is 2.12. The van der Waals surface area contributed by atoms with Crippen LogP contribution in [0, 0.1) is 0 Å². The molecule has 0 rings (SSSR count). The molecule has 10 heavy (non-hydrogen) atoms. The normalized spacial score (nSPS) is 11.4. The molecule has 0 radical (unpaired) electrons. The average molecular weight is 202 g/mol. The van der Waals surface area contributed by atoms with Crippen LogP contribution in [0.3, 0.4) is 0 Å². The molecule has 0 aromatic heterocycles. The standard InChI is InChI=1S/C6H14Cl2NP/c1-3-5-9(6-4-2)10(7)8/h3-6H2,1-2H3. The van der Waals surface area contributed by atoms with E-state index in [1.807, 2.05) is 0 Å². The van der Waals surface area contributed by atoms with E-state index in [9.17, 15) is 0 Å². The second-order valence-electron chi connectivity index (χ2n) is 2.17. The molecule has 4 heteroatoms. The lowest BCUT2D eigenvalue weighted by atomic mass is 10.4. The van der Waals surface area contributed by atoms with Crippen LogP contribution in [0.5, 0.6) is 0 Å². The molecule has 0 heterocycles. The van der Waals surface area contributed by atoms with Crippen LogP contribution in [0.25, 0.3) is 0 Å². The molecule has 0 aliphatic rings. The monoisotopic (exact) mass is 201 g/mol. The summed E-state index contributed by atoms with van der Waals surface area (Å²) >= 11 is 11.5. The second kappa shape index (κ2) is 6.67. The zero-order valence-corrected chi connectivity index (χ0v) is 8.89. The van der Waals surface area contributed by atoms with E-state index >= 15 is 0 Å². The Balaban J connectivity index is 3.50. The minimum absolute atomic E-state index is 0.898. The predicted molar refractivity (Wildman–Crippen MR) is 50.8 cm³/mol. The quantitative estimate of drug-likeness (QED) is 0.612. The fourth-order valence-corrected chi connectivity index (χ4v) is 2.39. The zero-order valence-electron chi connectivity index (χ0n) is 6.48. The third-order valence-electron chi connectivity index (χ3n) is 1.18. The van der Waals surface area contributed by atoms with Gasteiger partial charge in [0.25, 0.3) is 0 Å². The summed E-state index contributed by atoms with van der Waals surface area (Å²) in [7, 11) is 0. The lowest BCUT2D eigenvalue weighted by molar-refractivity contribution is 0.462. The van der Waals surface area contributed by atoms with Crippen molar-refractivity contribution in [2.75, 3.05) is 13.1 Å². The van der Waals surface area contributed by atoms with Crippen molar-refractivity contribution < 1.29 is 0 Å². The molecule has 0 saturated heterocycles. The molecule has 62 valence electrons. The average Bonchev–Trinajstić information content (AvgIpc) is 1.87. The maximum atomic E-state index is 5.76. The fraction of sp³-hybridized carbons (Fsp3) is 1.00. The Labute approximate surface area is 74.1 Å². The van der Waals surface area contributed by atoms with Crippen molar-refractivity contribution in [3.63, 3.8) is 0 Å². The highest BCUT2D eigenvalue weighted by Crippen LogP contribution is 2.50. The van der Waals surface area contributed by atoms with Gasteiger partial charge in [0.15, 0.2) is 6.78 Å². The van der Waals surface area contributed by atoms with Crippen LogP contribution >= 0.6 is 29.3 Å². The van der Waals surface area contributed by atoms with Crippen LogP contribution in [0.2, 0.25) is 0 Å². The summed E-state index contributed by atoms with van der Waals surface area (Å²) in [6.07, 6.45) is 2.25. The Hall–Kier alpha value is 0.970. The highest BCUT2D eigenvalue weighted by atomic mass is 35.9. The van der Waals surface area contributed by atoms with Gasteiger partial charge in [-0.1, -0.05) is 36.3 Å². The Morgan fingerprint density at radius 3 is 1.70 bits per heavy atom. The van der Waals surface area contributed by atoms with Gasteiger partial charge in [0.05, 0.1) is 0 Å². The molecule has 0 saturated carbocycles. The van der Waals surface area contributed by atoms with E-state index in [2.05, 4.69) is 18.5 Å². The van der Waals surface area contributed by atoms with Gasteiger partial charge in [0.1, 0.15) is 0 Å². The first-order valence-electron chi connectivity index (χ1n) is 3.58. The first kappa shape index (κ1) is 11.0. The minimum Gasteiger partial charge on any atom is -0.257 e. The molecular formula is C6H14Cl2NP. The molecule has 0 amide bonds. The SMILES string of the molecule is CCCN(CCC)P(Cl)Cl. The van der Waals surface area contributed by atoms with E-state index in [4.69, 9.17) is 22.5 Å². The van der Waals surface area contributed by atoms with Gasteiger partial charge in [0, 0.05) is 13.1 Å². The lowest BCUT2D eigenvalue weighted by Crippen LogP contribution is -2.16. The molecule has 0 aromatic carbocycles. The summed E-state index contributed by atoms with van der Waals surface area (Å²) in [5.41, 5.74) is 0. The number of rotatable bonds is 5. The molecule has 0 bridgehead atoms. The van der Waals surface area contributed by atoms with E-state index in [1.165, 1.54) is 0 Å². The Morgan fingerprint density at radius 2 is 1.50 bits per heavy atom. The first-order valence-corrected chi connectivity index (χ1v) is 6.69. The first-order chi connectivity index (χ1) is 4.72. The van der Waals surface area contributed by atoms with Gasteiger partial charge in [-0.3, -0.25) is 4.67 Å². The molecule has 0 unspecified atom stereocenters. The maximum Gasteiger partial charge on any atom is 0.159 e. The van der Waals surface area contributed by atoms with Crippen molar-refractivity contribution >= 4 is 29.3 Å². The minimum atomic E-state index is -0.898. The fourth-order valence-electron chi connectivity index (χ4n) is 0.779. The Kier molecular flexibility index (Phi) is 7.31. The van der Waals surface area contributed by atoms with Gasteiger partial charge < -0.3 is 0 Å². The number of hydrogen-bond donors (Lipinski definition) is 0. The molecule has 0 atom stereocenters. The van der Waals surface area contributed by atoms with Gasteiger partial charge in [-0.15, -0.1) is 0 Å². The van der Waals surface area contributed by atoms with Crippen LogP contribution in [-0.2, 0) is 0 Å². The molecule has 0 aliphatic heterocycles. The van der Waals surface area contributed by atoms with E-state index in [0.29, 0.717) is 0 Å². The maximum absolute atomic E-state index is 5.76. The largest absolute Gasteiger partial charge is 0.257 e. The molecule has 0 N–H and O–H groups in total. The van der Waals surface area contributed by atoms with Gasteiger partial charge in [0.2, 0.25) is 0 Å². The summed E-state index contributed by atoms with van der Waals surface area (Å²) in [5, 5.41) is 0. The van der Waals surface area contributed by atoms with Gasteiger partial charge >= 0.3 is 0 Å². The smallest absolute Gasteiger partial charge is 0.159 e. The van der Waals surface area contributed by atoms with Crippen molar-refractivity contribution in [2.45, 2.75) is 26.7 Å². The summed E-state index contributed by atoms with van der Waals surface area (Å²) in [6, 6.07) is 0. The molecule has 0 aromatic rings. The zero-order chi connectivity index (χ0) is 7.98. The van der Waals surface area contributed by atoms with Crippen molar-refractivity contribution in [3.8, 4) is 0 Å². The second-order valence-corrected chi connectivity index (χ2v) is 5.60. The van der Waals surface area contributed by atoms with Crippen LogP contribution in [0.4, 0.5) is 0 Å². The molecule has 0 fully saturated rings. The summed E-state index contributed by atoms with van der Waals surface area (Å²) in [5.74, 6) is 0. The van der Waals surface area contributed by atoms with Crippen LogP contribution < -0.4 is 0 Å². The third-order valence-corrected chi connectivity index (χ3v) is 3.29. The number of hydrogen-bond acceptors (Lipinski definition) is 1. The molecule has 0 spiro atoms. The number of halogens is 2. The van der Waals surface area contributed by atoms with E-state index in [0.717, 1.165) is 25.9 Å². The van der Waals surface area contributed by atoms with Crippen molar-refractivity contribution in [1.82, 2.24) is 4.67 Å². The summed E-state index contributed by atoms with van der Waals surface area (Å²) in [4.78, 5) is 0. The van der Waals surface area contributed by atoms with E-state index in [1.54, 1.807) is 0 Å².